The molecule has 5 aliphatic rings. The summed E-state index contributed by atoms with van der Waals surface area (Å²) in [5.74, 6) is -0.124. The average molecular weight is 585 g/mol. The van der Waals surface area contributed by atoms with E-state index in [0.29, 0.717) is 29.3 Å². The topological polar surface area (TPSA) is 0 Å². The molecule has 3 saturated carbocycles. The highest BCUT2D eigenvalue weighted by molar-refractivity contribution is 6.65. The van der Waals surface area contributed by atoms with Crippen LogP contribution in [0.4, 0.5) is 0 Å². The van der Waals surface area contributed by atoms with Gasteiger partial charge in [-0.2, -0.15) is 0 Å². The van der Waals surface area contributed by atoms with E-state index in [1.807, 2.05) is 0 Å². The van der Waals surface area contributed by atoms with Gasteiger partial charge in [0.05, 0.1) is 29.9 Å². The fourth-order valence-corrected chi connectivity index (χ4v) is 11.9. The Hall–Kier alpha value is 2.38. The molecule has 8 atom stereocenters. The normalized spacial score (nSPS) is 56.8. The quantitative estimate of drug-likeness (QED) is 0.249. The smallest absolute Gasteiger partial charge is 0.113 e. The Balaban J connectivity index is 1.58. The van der Waals surface area contributed by atoms with Gasteiger partial charge in [0.1, 0.15) is 9.75 Å². The Bertz CT molecular complexity index is 785. The van der Waals surface area contributed by atoms with Crippen LogP contribution in [-0.4, -0.2) is 23.8 Å². The first kappa shape index (κ1) is 22.2. The zero-order chi connectivity index (χ0) is 20.7. The highest BCUT2D eigenvalue weighted by atomic mass is 35.5. The van der Waals surface area contributed by atoms with Crippen LogP contribution < -0.4 is 0 Å². The van der Waals surface area contributed by atoms with Crippen molar-refractivity contribution >= 4 is 116 Å². The molecule has 5 rings (SSSR count). The molecular weight excluding hydrogens is 571 g/mol. The first-order valence-corrected chi connectivity index (χ1v) is 12.8. The summed E-state index contributed by atoms with van der Waals surface area (Å²) < 4.78 is -1.52. The van der Waals surface area contributed by atoms with E-state index in [-0.39, 0.29) is 33.7 Å². The molecule has 0 aromatic carbocycles. The number of hydrogen-bond acceptors (Lipinski definition) is 0. The number of halogens is 10. The zero-order valence-electron chi connectivity index (χ0n) is 14.1. The summed E-state index contributed by atoms with van der Waals surface area (Å²) in [5.41, 5.74) is 0. The highest BCUT2D eigenvalue weighted by Gasteiger charge is 2.82. The third kappa shape index (κ3) is 2.11. The summed E-state index contributed by atoms with van der Waals surface area (Å²) in [5, 5.41) is 1.43. The fourth-order valence-electron chi connectivity index (χ4n) is 6.70. The minimum Gasteiger partial charge on any atom is -0.113 e. The Morgan fingerprint density at radius 1 is 0.500 bits per heavy atom. The van der Waals surface area contributed by atoms with Gasteiger partial charge in [0, 0.05) is 0 Å². The minimum absolute atomic E-state index is 0.0755. The van der Waals surface area contributed by atoms with Gasteiger partial charge in [-0.25, -0.2) is 0 Å². The maximum Gasteiger partial charge on any atom is 0.166 e. The molecule has 0 heterocycles. The second-order valence-electron chi connectivity index (χ2n) is 8.74. The first-order valence-electron chi connectivity index (χ1n) is 9.05. The summed E-state index contributed by atoms with van der Waals surface area (Å²) in [4.78, 5) is -3.96. The molecule has 8 unspecified atom stereocenters. The van der Waals surface area contributed by atoms with Gasteiger partial charge in [0.15, 0.2) is 4.33 Å². The van der Waals surface area contributed by atoms with E-state index in [4.69, 9.17) is 116 Å². The lowest BCUT2D eigenvalue weighted by molar-refractivity contribution is 0.175. The van der Waals surface area contributed by atoms with Gasteiger partial charge in [0.2, 0.25) is 0 Å². The van der Waals surface area contributed by atoms with Crippen molar-refractivity contribution in [2.24, 2.45) is 23.7 Å². The Morgan fingerprint density at radius 2 is 0.821 bits per heavy atom. The van der Waals surface area contributed by atoms with Crippen LogP contribution in [0.3, 0.4) is 0 Å². The number of rotatable bonds is 0. The monoisotopic (exact) mass is 580 g/mol. The van der Waals surface area contributed by atoms with Crippen LogP contribution in [0.1, 0.15) is 32.1 Å². The molecule has 28 heavy (non-hydrogen) atoms. The van der Waals surface area contributed by atoms with Gasteiger partial charge in [-0.05, 0) is 55.8 Å². The van der Waals surface area contributed by atoms with Gasteiger partial charge in [-0.15, -0.1) is 46.4 Å². The predicted molar refractivity (Wildman–Crippen MR) is 123 cm³/mol. The minimum atomic E-state index is -1.52. The van der Waals surface area contributed by atoms with E-state index >= 15 is 0 Å². The molecule has 3 fully saturated rings. The van der Waals surface area contributed by atoms with Gasteiger partial charge < -0.3 is 0 Å². The molecule has 0 amide bonds. The van der Waals surface area contributed by atoms with Crippen molar-refractivity contribution in [2.45, 2.75) is 55.9 Å². The molecule has 0 radical (unpaired) electrons. The third-order valence-electron chi connectivity index (χ3n) is 7.93. The molecule has 0 aromatic rings. The van der Waals surface area contributed by atoms with Crippen LogP contribution >= 0.6 is 116 Å². The summed E-state index contributed by atoms with van der Waals surface area (Å²) in [6.07, 6.45) is 3.40. The van der Waals surface area contributed by atoms with E-state index in [1.165, 1.54) is 0 Å². The molecule has 0 saturated heterocycles. The number of hydrogen-bond donors (Lipinski definition) is 0. The lowest BCUT2D eigenvalue weighted by Gasteiger charge is -2.44. The van der Waals surface area contributed by atoms with Crippen molar-refractivity contribution in [2.75, 3.05) is 0 Å². The van der Waals surface area contributed by atoms with Gasteiger partial charge in [0.25, 0.3) is 0 Å². The van der Waals surface area contributed by atoms with Crippen LogP contribution in [0.5, 0.6) is 0 Å². The molecule has 5 aliphatic carbocycles. The lowest BCUT2D eigenvalue weighted by atomic mass is 9.67. The van der Waals surface area contributed by atoms with Crippen LogP contribution in [0.15, 0.2) is 20.1 Å². The van der Waals surface area contributed by atoms with Crippen molar-refractivity contribution in [3.05, 3.63) is 20.1 Å². The van der Waals surface area contributed by atoms with Gasteiger partial charge >= 0.3 is 0 Å². The Kier molecular flexibility index (Phi) is 4.98. The van der Waals surface area contributed by atoms with Crippen molar-refractivity contribution in [1.82, 2.24) is 0 Å². The van der Waals surface area contributed by atoms with E-state index in [2.05, 4.69) is 0 Å². The average Bonchev–Trinajstić information content (AvgIpc) is 3.02. The summed E-state index contributed by atoms with van der Waals surface area (Å²) in [6.45, 7) is 0. The number of alkyl halides is 6. The SMILES string of the molecule is ClC1=C(Cl)C2(Cl)CC1(Cl)C1CCC3C(CCC12)C1(Cl)C(Cl)=C(Cl)C3(Cl)C1(Cl)Cl. The molecule has 0 spiro atoms. The molecule has 10 heteroatoms. The molecule has 0 nitrogen and oxygen atoms in total. The van der Waals surface area contributed by atoms with Crippen LogP contribution in [0, 0.1) is 23.7 Å². The predicted octanol–water partition coefficient (Wildman–Crippen LogP) is 8.93. The summed E-state index contributed by atoms with van der Waals surface area (Å²) in [7, 11) is 0. The van der Waals surface area contributed by atoms with Crippen molar-refractivity contribution in [3.63, 3.8) is 0 Å². The Morgan fingerprint density at radius 3 is 1.18 bits per heavy atom. The standard InChI is InChI=1S/C18H14Cl10/c19-10-11(20)15(24)5-14(10,23)6-1-3-8-9(4-2-7(6)15)17(26)13(22)12(21)16(8,25)18(17,27)28/h6-9H,1-5H2. The molecule has 0 N–H and O–H groups in total. The molecule has 156 valence electrons. The summed E-state index contributed by atoms with van der Waals surface area (Å²) in [6, 6.07) is 0. The van der Waals surface area contributed by atoms with E-state index in [9.17, 15) is 0 Å². The number of fused-ring (bicyclic) bond motifs is 10. The van der Waals surface area contributed by atoms with Crippen molar-refractivity contribution in [3.8, 4) is 0 Å². The van der Waals surface area contributed by atoms with Crippen molar-refractivity contribution < 1.29 is 0 Å². The molecule has 0 aliphatic heterocycles. The second kappa shape index (κ2) is 6.28. The van der Waals surface area contributed by atoms with E-state index < -0.39 is 23.8 Å². The zero-order valence-corrected chi connectivity index (χ0v) is 21.7. The van der Waals surface area contributed by atoms with Crippen LogP contribution in [0.2, 0.25) is 0 Å². The fraction of sp³-hybridized carbons (Fsp3) is 0.778. The third-order valence-corrected chi connectivity index (χ3v) is 14.8. The van der Waals surface area contributed by atoms with Crippen LogP contribution in [-0.2, 0) is 0 Å². The van der Waals surface area contributed by atoms with Crippen LogP contribution in [0.25, 0.3) is 0 Å². The lowest BCUT2D eigenvalue weighted by Crippen LogP contribution is -2.44. The van der Waals surface area contributed by atoms with E-state index in [1.54, 1.807) is 0 Å². The molecule has 0 aromatic heterocycles. The molecule has 4 bridgehead atoms. The van der Waals surface area contributed by atoms with Crippen molar-refractivity contribution in [1.29, 1.82) is 0 Å². The van der Waals surface area contributed by atoms with E-state index in [0.717, 1.165) is 12.8 Å². The largest absolute Gasteiger partial charge is 0.166 e. The summed E-state index contributed by atoms with van der Waals surface area (Å²) >= 11 is 67.6. The first-order chi connectivity index (χ1) is 12.8. The van der Waals surface area contributed by atoms with Gasteiger partial charge in [-0.3, -0.25) is 0 Å². The maximum absolute atomic E-state index is 7.02. The van der Waals surface area contributed by atoms with Gasteiger partial charge in [-0.1, -0.05) is 69.6 Å². The number of allylic oxidation sites excluding steroid dienone is 4. The second-order valence-corrected chi connectivity index (χ2v) is 14.1. The maximum atomic E-state index is 7.02. The highest BCUT2D eigenvalue weighted by Crippen LogP contribution is 2.79. The molecular formula is C18H14Cl10. The Labute approximate surface area is 214 Å².